The van der Waals surface area contributed by atoms with Crippen LogP contribution in [0.5, 0.6) is 0 Å². The second-order valence-electron chi connectivity index (χ2n) is 6.41. The lowest BCUT2D eigenvalue weighted by molar-refractivity contribution is -0.143. The molecule has 0 saturated heterocycles. The molecule has 172 valence electrons. The fraction of sp³-hybridized carbons (Fsp3) is 0.150. The van der Waals surface area contributed by atoms with Crippen LogP contribution >= 0.6 is 0 Å². The van der Waals surface area contributed by atoms with E-state index in [1.807, 2.05) is 0 Å². The SMILES string of the molecule is COC(=O)c1cc(NC(=O)c2nnn(-c3ccc(F)cc3)c2C(F)(F)F)cc(C(=O)OC)c1. The Balaban J connectivity index is 2.04. The van der Waals surface area contributed by atoms with Crippen LogP contribution in [0.15, 0.2) is 42.5 Å². The summed E-state index contributed by atoms with van der Waals surface area (Å²) in [4.78, 5) is 36.4. The Morgan fingerprint density at radius 3 is 1.97 bits per heavy atom. The summed E-state index contributed by atoms with van der Waals surface area (Å²) in [6.07, 6.45) is -5.06. The van der Waals surface area contributed by atoms with Crippen molar-refractivity contribution in [2.45, 2.75) is 6.18 Å². The molecular formula is C20H14F4N4O5. The Kier molecular flexibility index (Phi) is 6.42. The number of ether oxygens (including phenoxy) is 2. The maximum absolute atomic E-state index is 13.8. The summed E-state index contributed by atoms with van der Waals surface area (Å²) >= 11 is 0. The molecule has 0 aliphatic carbocycles. The Bertz CT molecular complexity index is 1190. The van der Waals surface area contributed by atoms with Gasteiger partial charge in [0, 0.05) is 5.69 Å². The second-order valence-corrected chi connectivity index (χ2v) is 6.41. The molecule has 0 unspecified atom stereocenters. The highest BCUT2D eigenvalue weighted by Crippen LogP contribution is 2.33. The van der Waals surface area contributed by atoms with Crippen LogP contribution in [0.3, 0.4) is 0 Å². The first kappa shape index (κ1) is 23.4. The van der Waals surface area contributed by atoms with Gasteiger partial charge in [-0.1, -0.05) is 5.21 Å². The standard InChI is InChI=1S/C20H14F4N4O5/c1-32-18(30)10-7-11(19(31)33-2)9-13(8-10)25-17(29)15-16(20(22,23)24)28(27-26-15)14-5-3-12(21)4-6-14/h3-9H,1-2H3,(H,25,29). The molecule has 2 aromatic carbocycles. The van der Waals surface area contributed by atoms with Crippen molar-refractivity contribution >= 4 is 23.5 Å². The van der Waals surface area contributed by atoms with Crippen molar-refractivity contribution in [3.63, 3.8) is 0 Å². The first-order chi connectivity index (χ1) is 15.5. The summed E-state index contributed by atoms with van der Waals surface area (Å²) in [6, 6.07) is 7.21. The number of amides is 1. The predicted octanol–water partition coefficient (Wildman–Crippen LogP) is 3.25. The molecule has 33 heavy (non-hydrogen) atoms. The third-order valence-corrected chi connectivity index (χ3v) is 4.26. The molecule has 0 saturated carbocycles. The third-order valence-electron chi connectivity index (χ3n) is 4.26. The molecule has 0 fully saturated rings. The first-order valence-electron chi connectivity index (χ1n) is 8.97. The number of anilines is 1. The quantitative estimate of drug-likeness (QED) is 0.454. The highest BCUT2D eigenvalue weighted by Gasteiger charge is 2.42. The van der Waals surface area contributed by atoms with E-state index in [0.29, 0.717) is 4.68 Å². The molecular weight excluding hydrogens is 452 g/mol. The number of benzene rings is 2. The van der Waals surface area contributed by atoms with Crippen LogP contribution in [0.4, 0.5) is 23.2 Å². The number of alkyl halides is 3. The van der Waals surface area contributed by atoms with E-state index in [-0.39, 0.29) is 22.5 Å². The number of nitrogens with zero attached hydrogens (tertiary/aromatic N) is 3. The van der Waals surface area contributed by atoms with Gasteiger partial charge in [0.1, 0.15) is 5.82 Å². The average molecular weight is 466 g/mol. The zero-order valence-corrected chi connectivity index (χ0v) is 16.9. The molecule has 1 aromatic heterocycles. The lowest BCUT2D eigenvalue weighted by Gasteiger charge is -2.12. The van der Waals surface area contributed by atoms with Crippen molar-refractivity contribution in [2.24, 2.45) is 0 Å². The number of hydrogen-bond donors (Lipinski definition) is 1. The van der Waals surface area contributed by atoms with Crippen molar-refractivity contribution in [2.75, 3.05) is 19.5 Å². The van der Waals surface area contributed by atoms with Gasteiger partial charge in [0.2, 0.25) is 0 Å². The fourth-order valence-corrected chi connectivity index (χ4v) is 2.81. The van der Waals surface area contributed by atoms with E-state index in [4.69, 9.17) is 0 Å². The summed E-state index contributed by atoms with van der Waals surface area (Å²) in [7, 11) is 2.16. The van der Waals surface area contributed by atoms with Gasteiger partial charge in [-0.3, -0.25) is 4.79 Å². The molecule has 0 aliphatic heterocycles. The van der Waals surface area contributed by atoms with Crippen LogP contribution in [0.1, 0.15) is 36.9 Å². The molecule has 3 aromatic rings. The van der Waals surface area contributed by atoms with Crippen LogP contribution < -0.4 is 5.32 Å². The summed E-state index contributed by atoms with van der Waals surface area (Å²) in [5.74, 6) is -3.74. The molecule has 0 bridgehead atoms. The minimum Gasteiger partial charge on any atom is -0.465 e. The number of carbonyl (C=O) groups is 3. The number of carbonyl (C=O) groups excluding carboxylic acids is 3. The van der Waals surface area contributed by atoms with Gasteiger partial charge in [0.05, 0.1) is 31.0 Å². The number of methoxy groups -OCH3 is 2. The molecule has 13 heteroatoms. The topological polar surface area (TPSA) is 112 Å². The second kappa shape index (κ2) is 9.06. The zero-order chi connectivity index (χ0) is 24.3. The Morgan fingerprint density at radius 1 is 0.939 bits per heavy atom. The van der Waals surface area contributed by atoms with Crippen molar-refractivity contribution in [1.29, 1.82) is 0 Å². The molecule has 9 nitrogen and oxygen atoms in total. The van der Waals surface area contributed by atoms with Gasteiger partial charge >= 0.3 is 18.1 Å². The summed E-state index contributed by atoms with van der Waals surface area (Å²) in [6.45, 7) is 0. The van der Waals surface area contributed by atoms with Crippen LogP contribution in [0.2, 0.25) is 0 Å². The lowest BCUT2D eigenvalue weighted by atomic mass is 10.1. The van der Waals surface area contributed by atoms with E-state index >= 15 is 0 Å². The normalized spacial score (nSPS) is 11.1. The van der Waals surface area contributed by atoms with E-state index in [1.54, 1.807) is 0 Å². The van der Waals surface area contributed by atoms with Gasteiger partial charge in [0.25, 0.3) is 5.91 Å². The monoisotopic (exact) mass is 466 g/mol. The third kappa shape index (κ3) is 4.97. The zero-order valence-electron chi connectivity index (χ0n) is 16.9. The number of aromatic nitrogens is 3. The highest BCUT2D eigenvalue weighted by atomic mass is 19.4. The smallest absolute Gasteiger partial charge is 0.435 e. The maximum Gasteiger partial charge on any atom is 0.435 e. The maximum atomic E-state index is 13.8. The Morgan fingerprint density at radius 2 is 1.48 bits per heavy atom. The van der Waals surface area contributed by atoms with E-state index in [1.165, 1.54) is 0 Å². The summed E-state index contributed by atoms with van der Waals surface area (Å²) in [5.41, 5.74) is -3.31. The molecule has 0 atom stereocenters. The number of esters is 2. The van der Waals surface area contributed by atoms with Crippen molar-refractivity contribution < 1.29 is 41.4 Å². The molecule has 3 rings (SSSR count). The van der Waals surface area contributed by atoms with Gasteiger partial charge in [-0.25, -0.2) is 18.7 Å². The van der Waals surface area contributed by atoms with Crippen molar-refractivity contribution in [3.05, 3.63) is 70.8 Å². The van der Waals surface area contributed by atoms with Gasteiger partial charge < -0.3 is 14.8 Å². The molecule has 1 amide bonds. The van der Waals surface area contributed by atoms with Crippen LogP contribution in [-0.2, 0) is 15.7 Å². The minimum atomic E-state index is -5.06. The van der Waals surface area contributed by atoms with Gasteiger partial charge in [-0.05, 0) is 42.5 Å². The van der Waals surface area contributed by atoms with Crippen LogP contribution in [0, 0.1) is 5.82 Å². The van der Waals surface area contributed by atoms with E-state index in [9.17, 15) is 31.9 Å². The number of rotatable bonds is 5. The molecule has 0 radical (unpaired) electrons. The Labute approximate surface area is 182 Å². The molecule has 0 aliphatic rings. The number of hydrogen-bond acceptors (Lipinski definition) is 7. The van der Waals surface area contributed by atoms with E-state index in [2.05, 4.69) is 25.1 Å². The lowest BCUT2D eigenvalue weighted by Crippen LogP contribution is -2.21. The van der Waals surface area contributed by atoms with Crippen LogP contribution in [-0.4, -0.2) is 47.1 Å². The molecule has 1 heterocycles. The largest absolute Gasteiger partial charge is 0.465 e. The first-order valence-corrected chi connectivity index (χ1v) is 8.97. The number of nitrogens with one attached hydrogen (secondary N) is 1. The van der Waals surface area contributed by atoms with Gasteiger partial charge in [-0.15, -0.1) is 5.10 Å². The highest BCUT2D eigenvalue weighted by molar-refractivity contribution is 6.05. The van der Waals surface area contributed by atoms with Gasteiger partial charge in [0.15, 0.2) is 11.4 Å². The minimum absolute atomic E-state index is 0.165. The Hall–Kier alpha value is -4.29. The predicted molar refractivity (Wildman–Crippen MR) is 103 cm³/mol. The van der Waals surface area contributed by atoms with Crippen LogP contribution in [0.25, 0.3) is 5.69 Å². The van der Waals surface area contributed by atoms with Gasteiger partial charge in [-0.2, -0.15) is 13.2 Å². The van der Waals surface area contributed by atoms with E-state index < -0.39 is 41.2 Å². The van der Waals surface area contributed by atoms with Crippen molar-refractivity contribution in [3.8, 4) is 5.69 Å². The number of halogens is 4. The summed E-state index contributed by atoms with van der Waals surface area (Å²) in [5, 5.41) is 8.86. The molecule has 1 N–H and O–H groups in total. The summed E-state index contributed by atoms with van der Waals surface area (Å²) < 4.78 is 63.9. The average Bonchev–Trinajstić information content (AvgIpc) is 3.24. The fourth-order valence-electron chi connectivity index (χ4n) is 2.81. The molecule has 0 spiro atoms. The van der Waals surface area contributed by atoms with Crippen molar-refractivity contribution in [1.82, 2.24) is 15.0 Å². The van der Waals surface area contributed by atoms with E-state index in [0.717, 1.165) is 56.7 Å².